The summed E-state index contributed by atoms with van der Waals surface area (Å²) in [5.41, 5.74) is 1.70. The van der Waals surface area contributed by atoms with Crippen LogP contribution >= 0.6 is 11.3 Å². The Bertz CT molecular complexity index is 1030. The van der Waals surface area contributed by atoms with E-state index in [4.69, 9.17) is 4.74 Å². The van der Waals surface area contributed by atoms with E-state index in [1.807, 2.05) is 0 Å². The van der Waals surface area contributed by atoms with E-state index in [1.54, 1.807) is 43.3 Å². The molecule has 0 aliphatic carbocycles. The van der Waals surface area contributed by atoms with Gasteiger partial charge in [0.2, 0.25) is 0 Å². The Morgan fingerprint density at radius 2 is 2.04 bits per heavy atom. The number of carbonyl (C=O) groups excluding carboxylic acids is 2. The molecule has 0 unspecified atom stereocenters. The van der Waals surface area contributed by atoms with E-state index in [1.165, 1.54) is 22.3 Å². The summed E-state index contributed by atoms with van der Waals surface area (Å²) < 4.78 is 19.8. The fourth-order valence-electron chi connectivity index (χ4n) is 3.08. The Morgan fingerprint density at radius 1 is 1.23 bits per heavy atom. The first kappa shape index (κ1) is 16.5. The predicted molar refractivity (Wildman–Crippen MR) is 99.6 cm³/mol. The van der Waals surface area contributed by atoms with Gasteiger partial charge in [-0.05, 0) is 36.8 Å². The van der Waals surface area contributed by atoms with Gasteiger partial charge in [0.25, 0.3) is 5.91 Å². The number of carbonyl (C=O) groups is 2. The highest BCUT2D eigenvalue weighted by Gasteiger charge is 2.26. The number of amides is 2. The molecular formula is C19H15FN2O3S. The van der Waals surface area contributed by atoms with Crippen molar-refractivity contribution < 1.29 is 18.7 Å². The molecule has 0 bridgehead atoms. The highest BCUT2D eigenvalue weighted by molar-refractivity contribution is 7.21. The summed E-state index contributed by atoms with van der Waals surface area (Å²) in [5, 5.41) is 3.32. The molecule has 1 saturated heterocycles. The van der Waals surface area contributed by atoms with E-state index >= 15 is 0 Å². The van der Waals surface area contributed by atoms with E-state index in [0.717, 1.165) is 4.70 Å². The average molecular weight is 370 g/mol. The van der Waals surface area contributed by atoms with Crippen molar-refractivity contribution in [2.45, 2.75) is 6.92 Å². The molecule has 1 aromatic heterocycles. The molecule has 4 rings (SSSR count). The van der Waals surface area contributed by atoms with Gasteiger partial charge in [0, 0.05) is 10.1 Å². The highest BCUT2D eigenvalue weighted by Crippen LogP contribution is 2.34. The SMILES string of the molecule is Cc1c(C(=O)Nc2ccccc2N2CCOC2=O)sc2cccc(F)c12. The van der Waals surface area contributed by atoms with Gasteiger partial charge in [-0.25, -0.2) is 9.18 Å². The van der Waals surface area contributed by atoms with Gasteiger partial charge in [-0.1, -0.05) is 18.2 Å². The molecule has 1 aliphatic heterocycles. The van der Waals surface area contributed by atoms with Gasteiger partial charge in [-0.15, -0.1) is 11.3 Å². The van der Waals surface area contributed by atoms with Crippen molar-refractivity contribution in [1.82, 2.24) is 0 Å². The lowest BCUT2D eigenvalue weighted by Gasteiger charge is -2.17. The van der Waals surface area contributed by atoms with Gasteiger partial charge in [-0.2, -0.15) is 0 Å². The van der Waals surface area contributed by atoms with E-state index < -0.39 is 6.09 Å². The second-order valence-electron chi connectivity index (χ2n) is 5.91. The third kappa shape index (κ3) is 2.70. The van der Waals surface area contributed by atoms with E-state index in [-0.39, 0.29) is 11.7 Å². The van der Waals surface area contributed by atoms with E-state index in [9.17, 15) is 14.0 Å². The second kappa shape index (κ2) is 6.42. The number of aryl methyl sites for hydroxylation is 1. The zero-order valence-electron chi connectivity index (χ0n) is 13.9. The van der Waals surface area contributed by atoms with Crippen molar-refractivity contribution in [2.75, 3.05) is 23.4 Å². The van der Waals surface area contributed by atoms with Crippen LogP contribution in [0.5, 0.6) is 0 Å². The summed E-state index contributed by atoms with van der Waals surface area (Å²) in [6.45, 7) is 2.48. The summed E-state index contributed by atoms with van der Waals surface area (Å²) in [6, 6.07) is 11.8. The number of hydrogen-bond acceptors (Lipinski definition) is 4. The summed E-state index contributed by atoms with van der Waals surface area (Å²) in [7, 11) is 0. The number of anilines is 2. The number of benzene rings is 2. The number of fused-ring (bicyclic) bond motifs is 1. The Morgan fingerprint density at radius 3 is 2.77 bits per heavy atom. The number of nitrogens with zero attached hydrogens (tertiary/aromatic N) is 1. The van der Waals surface area contributed by atoms with Crippen LogP contribution in [0.15, 0.2) is 42.5 Å². The number of thiophene rings is 1. The standard InChI is InChI=1S/C19H15FN2O3S/c1-11-16-12(20)5-4-8-15(16)26-17(11)18(23)21-13-6-2-3-7-14(13)22-9-10-25-19(22)24/h2-8H,9-10H2,1H3,(H,21,23). The molecule has 0 atom stereocenters. The number of halogens is 1. The normalized spacial score (nSPS) is 13.9. The van der Waals surface area contributed by atoms with Gasteiger partial charge in [-0.3, -0.25) is 9.69 Å². The topological polar surface area (TPSA) is 58.6 Å². The molecule has 132 valence electrons. The third-order valence-electron chi connectivity index (χ3n) is 4.31. The van der Waals surface area contributed by atoms with Crippen LogP contribution in [-0.2, 0) is 4.74 Å². The number of ether oxygens (including phenoxy) is 1. The summed E-state index contributed by atoms with van der Waals surface area (Å²) in [4.78, 5) is 26.6. The molecule has 2 heterocycles. The number of cyclic esters (lactones) is 1. The Kier molecular flexibility index (Phi) is 4.08. The Hall–Kier alpha value is -2.93. The van der Waals surface area contributed by atoms with Crippen molar-refractivity contribution >= 4 is 44.8 Å². The molecule has 0 spiro atoms. The number of para-hydroxylation sites is 2. The first-order chi connectivity index (χ1) is 12.6. The van der Waals surface area contributed by atoms with Crippen LogP contribution in [0.3, 0.4) is 0 Å². The van der Waals surface area contributed by atoms with Crippen LogP contribution in [0.2, 0.25) is 0 Å². The minimum Gasteiger partial charge on any atom is -0.447 e. The smallest absolute Gasteiger partial charge is 0.414 e. The van der Waals surface area contributed by atoms with Crippen LogP contribution in [0, 0.1) is 12.7 Å². The maximum absolute atomic E-state index is 14.1. The maximum atomic E-state index is 14.1. The van der Waals surface area contributed by atoms with Crippen LogP contribution in [-0.4, -0.2) is 25.2 Å². The average Bonchev–Trinajstić information content (AvgIpc) is 3.20. The number of rotatable bonds is 3. The first-order valence-corrected chi connectivity index (χ1v) is 8.90. The fraction of sp³-hybridized carbons (Fsp3) is 0.158. The summed E-state index contributed by atoms with van der Waals surface area (Å²) >= 11 is 1.25. The molecule has 26 heavy (non-hydrogen) atoms. The molecule has 1 aliphatic rings. The predicted octanol–water partition coefficient (Wildman–Crippen LogP) is 4.56. The van der Waals surface area contributed by atoms with Crippen LogP contribution in [0.1, 0.15) is 15.2 Å². The molecule has 1 fully saturated rings. The highest BCUT2D eigenvalue weighted by atomic mass is 32.1. The Balaban J connectivity index is 1.69. The quantitative estimate of drug-likeness (QED) is 0.735. The van der Waals surface area contributed by atoms with E-state index in [0.29, 0.717) is 40.4 Å². The first-order valence-electron chi connectivity index (χ1n) is 8.08. The van der Waals surface area contributed by atoms with Crippen molar-refractivity contribution in [3.63, 3.8) is 0 Å². The Labute approximate surface area is 153 Å². The lowest BCUT2D eigenvalue weighted by molar-refractivity contribution is 0.103. The molecule has 5 nitrogen and oxygen atoms in total. The molecule has 2 amide bonds. The van der Waals surface area contributed by atoms with Crippen molar-refractivity contribution in [1.29, 1.82) is 0 Å². The largest absolute Gasteiger partial charge is 0.447 e. The van der Waals surface area contributed by atoms with Crippen molar-refractivity contribution in [2.24, 2.45) is 0 Å². The van der Waals surface area contributed by atoms with Crippen molar-refractivity contribution in [3.05, 3.63) is 58.7 Å². The molecule has 3 aromatic rings. The lowest BCUT2D eigenvalue weighted by Crippen LogP contribution is -2.25. The monoisotopic (exact) mass is 370 g/mol. The van der Waals surface area contributed by atoms with Crippen LogP contribution in [0.4, 0.5) is 20.6 Å². The number of hydrogen-bond donors (Lipinski definition) is 1. The van der Waals surface area contributed by atoms with Gasteiger partial charge >= 0.3 is 6.09 Å². The lowest BCUT2D eigenvalue weighted by atomic mass is 10.1. The molecule has 2 aromatic carbocycles. The maximum Gasteiger partial charge on any atom is 0.414 e. The van der Waals surface area contributed by atoms with Crippen LogP contribution < -0.4 is 10.2 Å². The minimum absolute atomic E-state index is 0.315. The zero-order chi connectivity index (χ0) is 18.3. The molecule has 0 saturated carbocycles. The van der Waals surface area contributed by atoms with Gasteiger partial charge in [0.15, 0.2) is 0 Å². The van der Waals surface area contributed by atoms with Gasteiger partial charge in [0.1, 0.15) is 12.4 Å². The summed E-state index contributed by atoms with van der Waals surface area (Å²) in [6.07, 6.45) is -0.438. The number of nitrogens with one attached hydrogen (secondary N) is 1. The molecule has 7 heteroatoms. The molecular weight excluding hydrogens is 355 g/mol. The molecule has 1 N–H and O–H groups in total. The zero-order valence-corrected chi connectivity index (χ0v) is 14.7. The van der Waals surface area contributed by atoms with E-state index in [2.05, 4.69) is 5.32 Å². The summed E-state index contributed by atoms with van der Waals surface area (Å²) in [5.74, 6) is -0.668. The van der Waals surface area contributed by atoms with Gasteiger partial charge in [0.05, 0.1) is 22.8 Å². The van der Waals surface area contributed by atoms with Gasteiger partial charge < -0.3 is 10.1 Å². The second-order valence-corrected chi connectivity index (χ2v) is 6.96. The third-order valence-corrected chi connectivity index (χ3v) is 5.57. The fourth-order valence-corrected chi connectivity index (χ4v) is 4.19. The minimum atomic E-state index is -0.438. The molecule has 0 radical (unpaired) electrons. The van der Waals surface area contributed by atoms with Crippen LogP contribution in [0.25, 0.3) is 10.1 Å². The van der Waals surface area contributed by atoms with Crippen molar-refractivity contribution in [3.8, 4) is 0 Å².